The minimum atomic E-state index is -0.944. The predicted molar refractivity (Wildman–Crippen MR) is 124 cm³/mol. The molecule has 0 spiro atoms. The highest BCUT2D eigenvalue weighted by atomic mass is 16.5. The number of rotatable bonds is 10. The highest BCUT2D eigenvalue weighted by molar-refractivity contribution is 5.79. The molecule has 5 nitrogen and oxygen atoms in total. The van der Waals surface area contributed by atoms with Gasteiger partial charge in [-0.05, 0) is 65.4 Å². The summed E-state index contributed by atoms with van der Waals surface area (Å²) in [5.41, 5.74) is 6.05. The zero-order chi connectivity index (χ0) is 22.5. The lowest BCUT2D eigenvalue weighted by molar-refractivity contribution is -0.149. The fraction of sp³-hybridized carbons (Fsp3) is 0.296. The average molecular weight is 433 g/mol. The van der Waals surface area contributed by atoms with E-state index in [1.807, 2.05) is 30.3 Å². The molecule has 0 saturated heterocycles. The number of aliphatic carboxylic acids is 1. The van der Waals surface area contributed by atoms with E-state index in [9.17, 15) is 9.90 Å². The molecule has 1 aliphatic rings. The second-order valence-corrected chi connectivity index (χ2v) is 7.86. The molecule has 0 radical (unpaired) electrons. The Labute approximate surface area is 188 Å². The lowest BCUT2D eigenvalue weighted by Gasteiger charge is -2.16. The van der Waals surface area contributed by atoms with E-state index >= 15 is 0 Å². The second-order valence-electron chi connectivity index (χ2n) is 7.86. The Morgan fingerprint density at radius 2 is 1.69 bits per heavy atom. The standard InChI is InChI=1S/C27H28O5/c1-3-31-26(27(28)29)16-18-8-10-19(11-9-18)32-15-14-24-22-7-5-4-6-21(22)23-13-12-20(30-2)17-25(23)24/h4-13,17,24,26H,3,14-16H2,1-2H3,(H,28,29). The number of carbonyl (C=O) groups is 1. The van der Waals surface area contributed by atoms with Gasteiger partial charge in [0, 0.05) is 18.9 Å². The minimum absolute atomic E-state index is 0.262. The van der Waals surface area contributed by atoms with Crippen molar-refractivity contribution in [1.82, 2.24) is 0 Å². The molecule has 0 bridgehead atoms. The van der Waals surface area contributed by atoms with Crippen LogP contribution in [0.2, 0.25) is 0 Å². The molecule has 166 valence electrons. The van der Waals surface area contributed by atoms with Crippen LogP contribution in [-0.4, -0.2) is 37.5 Å². The molecule has 1 aliphatic carbocycles. The molecule has 2 unspecified atom stereocenters. The maximum Gasteiger partial charge on any atom is 0.333 e. The van der Waals surface area contributed by atoms with Crippen LogP contribution in [0.4, 0.5) is 0 Å². The van der Waals surface area contributed by atoms with E-state index < -0.39 is 12.1 Å². The van der Waals surface area contributed by atoms with E-state index in [1.165, 1.54) is 22.3 Å². The number of methoxy groups -OCH3 is 1. The third-order valence-corrected chi connectivity index (χ3v) is 5.92. The van der Waals surface area contributed by atoms with Gasteiger partial charge in [0.05, 0.1) is 13.7 Å². The van der Waals surface area contributed by atoms with E-state index in [0.29, 0.717) is 19.6 Å². The first-order valence-electron chi connectivity index (χ1n) is 10.9. The van der Waals surface area contributed by atoms with Gasteiger partial charge in [-0.3, -0.25) is 0 Å². The summed E-state index contributed by atoms with van der Waals surface area (Å²) in [6, 6.07) is 22.4. The van der Waals surface area contributed by atoms with Crippen molar-refractivity contribution < 1.29 is 24.1 Å². The van der Waals surface area contributed by atoms with Gasteiger partial charge in [0.15, 0.2) is 6.10 Å². The Morgan fingerprint density at radius 3 is 2.41 bits per heavy atom. The van der Waals surface area contributed by atoms with E-state index in [1.54, 1.807) is 14.0 Å². The van der Waals surface area contributed by atoms with Crippen molar-refractivity contribution in [1.29, 1.82) is 0 Å². The Kier molecular flexibility index (Phi) is 6.76. The summed E-state index contributed by atoms with van der Waals surface area (Å²) >= 11 is 0. The van der Waals surface area contributed by atoms with Gasteiger partial charge < -0.3 is 19.3 Å². The molecule has 4 rings (SSSR count). The summed E-state index contributed by atoms with van der Waals surface area (Å²) in [7, 11) is 1.69. The normalized spacial score (nSPS) is 15.0. The summed E-state index contributed by atoms with van der Waals surface area (Å²) in [6.45, 7) is 2.74. The average Bonchev–Trinajstić information content (AvgIpc) is 3.13. The summed E-state index contributed by atoms with van der Waals surface area (Å²) < 4.78 is 16.8. The first kappa shape index (κ1) is 21.9. The lowest BCUT2D eigenvalue weighted by atomic mass is 9.94. The van der Waals surface area contributed by atoms with Gasteiger partial charge in [-0.15, -0.1) is 0 Å². The molecule has 0 heterocycles. The molecule has 0 fully saturated rings. The van der Waals surface area contributed by atoms with E-state index in [2.05, 4.69) is 36.4 Å². The largest absolute Gasteiger partial charge is 0.497 e. The number of hydrogen-bond acceptors (Lipinski definition) is 4. The maximum absolute atomic E-state index is 11.3. The smallest absolute Gasteiger partial charge is 0.333 e. The molecule has 0 aliphatic heterocycles. The zero-order valence-electron chi connectivity index (χ0n) is 18.4. The van der Waals surface area contributed by atoms with Crippen LogP contribution in [0.3, 0.4) is 0 Å². The molecule has 32 heavy (non-hydrogen) atoms. The molecular weight excluding hydrogens is 404 g/mol. The molecule has 3 aromatic rings. The van der Waals surface area contributed by atoms with Crippen molar-refractivity contribution in [2.24, 2.45) is 0 Å². The molecule has 2 atom stereocenters. The summed E-state index contributed by atoms with van der Waals surface area (Å²) in [5.74, 6) is 0.956. The lowest BCUT2D eigenvalue weighted by Crippen LogP contribution is -2.26. The monoisotopic (exact) mass is 432 g/mol. The minimum Gasteiger partial charge on any atom is -0.497 e. The Balaban J connectivity index is 1.41. The van der Waals surface area contributed by atoms with E-state index in [0.717, 1.165) is 23.5 Å². The molecule has 3 aromatic carbocycles. The molecule has 0 amide bonds. The number of fused-ring (bicyclic) bond motifs is 3. The van der Waals surface area contributed by atoms with Gasteiger partial charge in [-0.1, -0.05) is 42.5 Å². The van der Waals surface area contributed by atoms with Gasteiger partial charge in [0.1, 0.15) is 11.5 Å². The number of ether oxygens (including phenoxy) is 3. The van der Waals surface area contributed by atoms with Crippen molar-refractivity contribution in [2.45, 2.75) is 31.8 Å². The highest BCUT2D eigenvalue weighted by Crippen LogP contribution is 2.47. The van der Waals surface area contributed by atoms with Crippen LogP contribution in [0.25, 0.3) is 11.1 Å². The first-order chi connectivity index (χ1) is 15.6. The molecule has 1 N–H and O–H groups in total. The maximum atomic E-state index is 11.3. The number of carboxylic acid groups (broad SMARTS) is 1. The fourth-order valence-corrected chi connectivity index (χ4v) is 4.38. The number of hydrogen-bond donors (Lipinski definition) is 1. The van der Waals surface area contributed by atoms with Crippen LogP contribution in [0, 0.1) is 0 Å². The third-order valence-electron chi connectivity index (χ3n) is 5.92. The second kappa shape index (κ2) is 9.88. The Morgan fingerprint density at radius 1 is 0.969 bits per heavy atom. The van der Waals surface area contributed by atoms with Crippen molar-refractivity contribution in [3.63, 3.8) is 0 Å². The topological polar surface area (TPSA) is 65.0 Å². The molecule has 0 saturated carbocycles. The Hall–Kier alpha value is -3.31. The summed E-state index contributed by atoms with van der Waals surface area (Å²) in [6.07, 6.45) is 0.358. The summed E-state index contributed by atoms with van der Waals surface area (Å²) in [5, 5.41) is 9.26. The van der Waals surface area contributed by atoms with Crippen LogP contribution in [0.1, 0.15) is 36.0 Å². The molecular formula is C27H28O5. The summed E-state index contributed by atoms with van der Waals surface area (Å²) in [4.78, 5) is 11.3. The number of benzene rings is 3. The van der Waals surface area contributed by atoms with Gasteiger partial charge in [-0.25, -0.2) is 4.79 Å². The Bertz CT molecular complexity index is 1070. The van der Waals surface area contributed by atoms with Crippen LogP contribution < -0.4 is 9.47 Å². The highest BCUT2D eigenvalue weighted by Gasteiger charge is 2.28. The van der Waals surface area contributed by atoms with Crippen molar-refractivity contribution in [3.05, 3.63) is 83.4 Å². The van der Waals surface area contributed by atoms with Crippen molar-refractivity contribution in [3.8, 4) is 22.6 Å². The van der Waals surface area contributed by atoms with Crippen molar-refractivity contribution in [2.75, 3.05) is 20.3 Å². The molecule has 0 aromatic heterocycles. The quantitative estimate of drug-likeness (QED) is 0.470. The van der Waals surface area contributed by atoms with Gasteiger partial charge >= 0.3 is 5.97 Å². The van der Waals surface area contributed by atoms with Crippen molar-refractivity contribution >= 4 is 5.97 Å². The first-order valence-corrected chi connectivity index (χ1v) is 10.9. The molecule has 5 heteroatoms. The van der Waals surface area contributed by atoms with Crippen LogP contribution in [-0.2, 0) is 16.0 Å². The SMILES string of the molecule is CCOC(Cc1ccc(OCCC2c3ccccc3-c3ccc(OC)cc32)cc1)C(=O)O. The van der Waals surface area contributed by atoms with E-state index in [-0.39, 0.29) is 5.92 Å². The van der Waals surface area contributed by atoms with E-state index in [4.69, 9.17) is 14.2 Å². The van der Waals surface area contributed by atoms with Gasteiger partial charge in [-0.2, -0.15) is 0 Å². The van der Waals surface area contributed by atoms with Crippen LogP contribution in [0.15, 0.2) is 66.7 Å². The van der Waals surface area contributed by atoms with Crippen LogP contribution >= 0.6 is 0 Å². The fourth-order valence-electron chi connectivity index (χ4n) is 4.38. The predicted octanol–water partition coefficient (Wildman–Crippen LogP) is 5.31. The van der Waals surface area contributed by atoms with Gasteiger partial charge in [0.25, 0.3) is 0 Å². The third kappa shape index (κ3) is 4.63. The van der Waals surface area contributed by atoms with Gasteiger partial charge in [0.2, 0.25) is 0 Å². The number of carboxylic acids is 1. The van der Waals surface area contributed by atoms with Crippen LogP contribution in [0.5, 0.6) is 11.5 Å². The zero-order valence-corrected chi connectivity index (χ0v) is 18.4.